The molecule has 0 saturated carbocycles. The van der Waals surface area contributed by atoms with Crippen LogP contribution in [0.3, 0.4) is 0 Å². The molecule has 0 aliphatic carbocycles. The van der Waals surface area contributed by atoms with Gasteiger partial charge in [0.05, 0.1) is 23.6 Å². The quantitative estimate of drug-likeness (QED) is 0.420. The van der Waals surface area contributed by atoms with Gasteiger partial charge in [0.1, 0.15) is 11.6 Å². The van der Waals surface area contributed by atoms with Crippen molar-refractivity contribution in [1.29, 1.82) is 0 Å². The highest BCUT2D eigenvalue weighted by atomic mass is 32.2. The average Bonchev–Trinajstić information content (AvgIpc) is 3.13. The molecule has 1 aliphatic heterocycles. The molecule has 0 radical (unpaired) electrons. The first-order valence-corrected chi connectivity index (χ1v) is 14.5. The van der Waals surface area contributed by atoms with Crippen molar-refractivity contribution in [2.45, 2.75) is 58.5 Å². The molecular weight excluding hydrogens is 516 g/mol. The van der Waals surface area contributed by atoms with Gasteiger partial charge in [-0.3, -0.25) is 4.79 Å². The Morgan fingerprint density at radius 3 is 2.54 bits per heavy atom. The summed E-state index contributed by atoms with van der Waals surface area (Å²) >= 11 is 0. The number of ether oxygens (including phenoxy) is 1. The summed E-state index contributed by atoms with van der Waals surface area (Å²) in [6.45, 7) is 13.6. The summed E-state index contributed by atoms with van der Waals surface area (Å²) < 4.78 is 33.9. The van der Waals surface area contributed by atoms with Gasteiger partial charge in [-0.05, 0) is 74.9 Å². The highest BCUT2D eigenvalue weighted by Gasteiger charge is 2.41. The van der Waals surface area contributed by atoms with Crippen molar-refractivity contribution in [2.24, 2.45) is 11.8 Å². The number of nitrogens with two attached hydrogens (primary N) is 1. The first-order chi connectivity index (χ1) is 18.3. The predicted molar refractivity (Wildman–Crippen MR) is 151 cm³/mol. The second-order valence-corrected chi connectivity index (χ2v) is 12.6. The van der Waals surface area contributed by atoms with E-state index in [4.69, 9.17) is 15.5 Å². The number of hydrogen-bond acceptors (Lipinski definition) is 9. The number of sulfonamides is 1. The third-order valence-electron chi connectivity index (χ3n) is 7.08. The van der Waals surface area contributed by atoms with Crippen molar-refractivity contribution in [3.05, 3.63) is 53.6 Å². The summed E-state index contributed by atoms with van der Waals surface area (Å²) in [4.78, 5) is 28.9. The zero-order chi connectivity index (χ0) is 28.5. The molecule has 11 heteroatoms. The fraction of sp³-hybridized carbons (Fsp3) is 0.429. The molecule has 0 spiro atoms. The van der Waals surface area contributed by atoms with Crippen LogP contribution in [0.5, 0.6) is 5.88 Å². The molecule has 3 aromatic rings. The van der Waals surface area contributed by atoms with E-state index in [9.17, 15) is 13.2 Å². The minimum Gasteiger partial charge on any atom is -0.477 e. The maximum Gasteiger partial charge on any atom is 0.281 e. The molecule has 39 heavy (non-hydrogen) atoms. The maximum absolute atomic E-state index is 13.4. The van der Waals surface area contributed by atoms with Gasteiger partial charge < -0.3 is 15.4 Å². The zero-order valence-corrected chi connectivity index (χ0v) is 24.0. The predicted octanol–water partition coefficient (Wildman–Crippen LogP) is 4.21. The second-order valence-electron chi connectivity index (χ2n) is 11.0. The van der Waals surface area contributed by atoms with Crippen LogP contribution >= 0.6 is 0 Å². The van der Waals surface area contributed by atoms with Gasteiger partial charge in [0, 0.05) is 18.2 Å². The van der Waals surface area contributed by atoms with E-state index in [1.54, 1.807) is 12.1 Å². The lowest BCUT2D eigenvalue weighted by molar-refractivity contribution is 0.0981. The van der Waals surface area contributed by atoms with Gasteiger partial charge in [0.2, 0.25) is 5.88 Å². The number of aromatic nitrogens is 3. The summed E-state index contributed by atoms with van der Waals surface area (Å²) in [5.74, 6) is 0.792. The monoisotopic (exact) mass is 552 g/mol. The molecule has 4 rings (SSSR count). The highest BCUT2D eigenvalue weighted by Crippen LogP contribution is 2.39. The van der Waals surface area contributed by atoms with Crippen LogP contribution in [0.4, 0.5) is 11.6 Å². The smallest absolute Gasteiger partial charge is 0.281 e. The number of carbonyl (C=O) groups excluding carboxylic acids is 1. The van der Waals surface area contributed by atoms with Gasteiger partial charge in [0.25, 0.3) is 15.9 Å². The van der Waals surface area contributed by atoms with E-state index in [1.165, 1.54) is 18.2 Å². The molecule has 0 aromatic carbocycles. The lowest BCUT2D eigenvalue weighted by Crippen LogP contribution is -2.43. The second kappa shape index (κ2) is 10.8. The van der Waals surface area contributed by atoms with Crippen LogP contribution in [0.2, 0.25) is 0 Å². The highest BCUT2D eigenvalue weighted by molar-refractivity contribution is 7.90. The zero-order valence-electron chi connectivity index (χ0n) is 23.2. The Kier molecular flexibility index (Phi) is 7.83. The first kappa shape index (κ1) is 28.3. The minimum atomic E-state index is -4.26. The fourth-order valence-corrected chi connectivity index (χ4v) is 5.43. The Bertz CT molecular complexity index is 1490. The van der Waals surface area contributed by atoms with Crippen molar-refractivity contribution in [3.8, 4) is 17.3 Å². The Balaban J connectivity index is 1.77. The van der Waals surface area contributed by atoms with Gasteiger partial charge >= 0.3 is 0 Å². The molecule has 10 nitrogen and oxygen atoms in total. The summed E-state index contributed by atoms with van der Waals surface area (Å²) in [5, 5.41) is -0.338. The van der Waals surface area contributed by atoms with Crippen LogP contribution in [0, 0.1) is 18.8 Å². The number of nitrogen functional groups attached to an aromatic ring is 1. The van der Waals surface area contributed by atoms with E-state index in [0.29, 0.717) is 48.1 Å². The van der Waals surface area contributed by atoms with Crippen molar-refractivity contribution in [3.63, 3.8) is 0 Å². The Morgan fingerprint density at radius 2 is 1.90 bits per heavy atom. The van der Waals surface area contributed by atoms with E-state index in [-0.39, 0.29) is 21.9 Å². The topological polar surface area (TPSA) is 140 Å². The van der Waals surface area contributed by atoms with Gasteiger partial charge in [0.15, 0.2) is 5.03 Å². The van der Waals surface area contributed by atoms with Gasteiger partial charge in [-0.25, -0.2) is 19.7 Å². The third-order valence-corrected chi connectivity index (χ3v) is 8.32. The van der Waals surface area contributed by atoms with E-state index < -0.39 is 15.9 Å². The molecule has 3 N–H and O–H groups in total. The molecule has 1 amide bonds. The summed E-state index contributed by atoms with van der Waals surface area (Å²) in [6, 6.07) is 11.2. The van der Waals surface area contributed by atoms with Crippen LogP contribution in [0.1, 0.15) is 57.0 Å². The summed E-state index contributed by atoms with van der Waals surface area (Å²) in [5.41, 5.74) is 7.58. The fourth-order valence-electron chi connectivity index (χ4n) is 4.49. The van der Waals surface area contributed by atoms with Gasteiger partial charge in [-0.1, -0.05) is 26.8 Å². The van der Waals surface area contributed by atoms with Crippen LogP contribution in [0.15, 0.2) is 47.5 Å². The third kappa shape index (κ3) is 6.13. The van der Waals surface area contributed by atoms with Crippen molar-refractivity contribution >= 4 is 27.6 Å². The number of nitrogens with one attached hydrogen (secondary N) is 1. The van der Waals surface area contributed by atoms with E-state index in [0.717, 1.165) is 12.0 Å². The van der Waals surface area contributed by atoms with Crippen molar-refractivity contribution < 1.29 is 17.9 Å². The lowest BCUT2D eigenvalue weighted by atomic mass is 9.90. The largest absolute Gasteiger partial charge is 0.477 e. The number of rotatable bonds is 8. The molecule has 1 unspecified atom stereocenters. The van der Waals surface area contributed by atoms with Crippen LogP contribution in [-0.2, 0) is 10.0 Å². The Labute approximate surface area is 230 Å². The van der Waals surface area contributed by atoms with Gasteiger partial charge in [-0.15, -0.1) is 0 Å². The van der Waals surface area contributed by atoms with Crippen molar-refractivity contribution in [2.75, 3.05) is 23.8 Å². The molecule has 208 valence electrons. The Hall–Kier alpha value is -3.73. The molecule has 0 bridgehead atoms. The minimum absolute atomic E-state index is 0.0345. The Morgan fingerprint density at radius 1 is 1.15 bits per heavy atom. The molecular formula is C28H36N6O4S. The lowest BCUT2D eigenvalue weighted by Gasteiger charge is -2.36. The number of aryl methyl sites for hydroxylation is 1. The van der Waals surface area contributed by atoms with Crippen LogP contribution in [0.25, 0.3) is 11.4 Å². The number of anilines is 2. The van der Waals surface area contributed by atoms with Crippen molar-refractivity contribution in [1.82, 2.24) is 19.7 Å². The average molecular weight is 553 g/mol. The SMILES string of the molecule is Cc1cc(OCC(C)C)nc(-c2ccc(C(=O)NS(=O)(=O)c3cccc(N)n3)c(N3CCC(C)C3(C)C)n2)c1. The number of nitrogens with zero attached hydrogens (tertiary/aromatic N) is 4. The number of pyridine rings is 3. The molecule has 4 heterocycles. The summed E-state index contributed by atoms with van der Waals surface area (Å²) in [7, 11) is -4.26. The molecule has 3 aromatic heterocycles. The summed E-state index contributed by atoms with van der Waals surface area (Å²) in [6.07, 6.45) is 0.904. The molecule has 1 saturated heterocycles. The molecule has 1 atom stereocenters. The van der Waals surface area contributed by atoms with E-state index in [1.807, 2.05) is 19.1 Å². The maximum atomic E-state index is 13.4. The van der Waals surface area contributed by atoms with Crippen LogP contribution < -0.4 is 20.1 Å². The number of carbonyl (C=O) groups is 1. The molecule has 1 aliphatic rings. The first-order valence-electron chi connectivity index (χ1n) is 13.0. The number of hydrogen-bond donors (Lipinski definition) is 2. The van der Waals surface area contributed by atoms with Crippen LogP contribution in [-0.4, -0.2) is 48.0 Å². The van der Waals surface area contributed by atoms with E-state index in [2.05, 4.69) is 54.2 Å². The van der Waals surface area contributed by atoms with Gasteiger partial charge in [-0.2, -0.15) is 8.42 Å². The normalized spacial score (nSPS) is 16.9. The standard InChI is InChI=1S/C28H36N6O4S/c1-17(2)16-38-24-15-18(3)14-22(30-24)21-11-10-20(26(31-21)34-13-12-19(4)28(34,5)6)27(35)33-39(36,37)25-9-7-8-23(29)32-25/h7-11,14-15,17,19H,12-13,16H2,1-6H3,(H2,29,32)(H,33,35). The molecule has 1 fully saturated rings. The number of amides is 1. The van der Waals surface area contributed by atoms with E-state index >= 15 is 0 Å².